The lowest BCUT2D eigenvalue weighted by atomic mass is 10.1. The van der Waals surface area contributed by atoms with Gasteiger partial charge in [-0.15, -0.1) is 0 Å². The second-order valence-corrected chi connectivity index (χ2v) is 6.99. The summed E-state index contributed by atoms with van der Waals surface area (Å²) in [5.74, 6) is 0.319. The largest absolute Gasteiger partial charge is 0.502 e. The molecule has 0 radical (unpaired) electrons. The number of carbonyl (C=O) groups excluding carboxylic acids is 1. The molecule has 2 heterocycles. The van der Waals surface area contributed by atoms with E-state index in [2.05, 4.69) is 9.89 Å². The lowest BCUT2D eigenvalue weighted by molar-refractivity contribution is -0.113. The topological polar surface area (TPSA) is 71.4 Å². The maximum Gasteiger partial charge on any atom is 0.286 e. The smallest absolute Gasteiger partial charge is 0.286 e. The molecule has 1 N–H and O–H groups in total. The van der Waals surface area contributed by atoms with Crippen LogP contribution < -0.4 is 9.47 Å². The molecule has 25 heavy (non-hydrogen) atoms. The molecule has 1 amide bonds. The molecule has 1 aromatic carbocycles. The summed E-state index contributed by atoms with van der Waals surface area (Å²) in [5, 5.41) is 10.8. The number of thioether (sulfide) groups is 1. The Kier molecular flexibility index (Phi) is 5.53. The van der Waals surface area contributed by atoms with Crippen LogP contribution in [0.3, 0.4) is 0 Å². The Morgan fingerprint density at radius 3 is 2.28 bits per heavy atom. The number of amidine groups is 1. The zero-order valence-electron chi connectivity index (χ0n) is 14.4. The quantitative estimate of drug-likeness (QED) is 0.832. The number of hydrogen-bond donors (Lipinski definition) is 1. The normalized spacial score (nSPS) is 19.8. The highest BCUT2D eigenvalue weighted by molar-refractivity contribution is 8.18. The van der Waals surface area contributed by atoms with E-state index >= 15 is 0 Å². The highest BCUT2D eigenvalue weighted by Crippen LogP contribution is 2.39. The predicted molar refractivity (Wildman–Crippen MR) is 99.3 cm³/mol. The van der Waals surface area contributed by atoms with Crippen molar-refractivity contribution < 1.29 is 19.4 Å². The van der Waals surface area contributed by atoms with E-state index in [4.69, 9.17) is 9.47 Å². The van der Waals surface area contributed by atoms with Gasteiger partial charge in [0.05, 0.1) is 19.1 Å². The maximum absolute atomic E-state index is 12.3. The Balaban J connectivity index is 1.82. The second kappa shape index (κ2) is 7.82. The third kappa shape index (κ3) is 3.92. The first-order valence-electron chi connectivity index (χ1n) is 8.35. The van der Waals surface area contributed by atoms with Gasteiger partial charge in [0, 0.05) is 13.1 Å². The van der Waals surface area contributed by atoms with E-state index in [1.807, 2.05) is 0 Å². The lowest BCUT2D eigenvalue weighted by Crippen LogP contribution is -2.28. The van der Waals surface area contributed by atoms with Crippen LogP contribution >= 0.6 is 11.8 Å². The minimum atomic E-state index is -0.227. The zero-order chi connectivity index (χ0) is 17.8. The fourth-order valence-electron chi connectivity index (χ4n) is 2.94. The molecule has 6 nitrogen and oxygen atoms in total. The number of aromatic hydroxyl groups is 1. The van der Waals surface area contributed by atoms with Gasteiger partial charge in [-0.2, -0.15) is 4.99 Å². The van der Waals surface area contributed by atoms with Crippen LogP contribution in [0.25, 0.3) is 6.08 Å². The summed E-state index contributed by atoms with van der Waals surface area (Å²) >= 11 is 1.40. The summed E-state index contributed by atoms with van der Waals surface area (Å²) in [7, 11) is 2.95. The summed E-state index contributed by atoms with van der Waals surface area (Å²) in [6.07, 6.45) is 6.50. The molecule has 0 bridgehead atoms. The number of carbonyl (C=O) groups is 1. The standard InChI is InChI=1S/C18H22N2O4S/c1-23-13-9-12(10-14(24-2)16(13)21)11-15-17(22)19-18(25-15)20-7-5-3-4-6-8-20/h9-11,21H,3-8H2,1-2H3/b15-11-. The highest BCUT2D eigenvalue weighted by Gasteiger charge is 2.26. The van der Waals surface area contributed by atoms with E-state index in [1.165, 1.54) is 38.8 Å². The minimum Gasteiger partial charge on any atom is -0.502 e. The van der Waals surface area contributed by atoms with Crippen LogP contribution in [0, 0.1) is 0 Å². The van der Waals surface area contributed by atoms with Crippen LogP contribution in [-0.4, -0.2) is 48.4 Å². The van der Waals surface area contributed by atoms with Gasteiger partial charge in [-0.3, -0.25) is 4.79 Å². The predicted octanol–water partition coefficient (Wildman–Crippen LogP) is 3.26. The number of likely N-dealkylation sites (tertiary alicyclic amines) is 1. The molecule has 3 rings (SSSR count). The third-order valence-electron chi connectivity index (χ3n) is 4.29. The van der Waals surface area contributed by atoms with Gasteiger partial charge in [0.1, 0.15) is 0 Å². The van der Waals surface area contributed by atoms with E-state index in [0.29, 0.717) is 16.4 Å². The maximum atomic E-state index is 12.3. The molecule has 0 atom stereocenters. The Morgan fingerprint density at radius 1 is 1.12 bits per heavy atom. The molecule has 0 spiro atoms. The Morgan fingerprint density at radius 2 is 1.72 bits per heavy atom. The van der Waals surface area contributed by atoms with Crippen LogP contribution in [-0.2, 0) is 4.79 Å². The molecule has 134 valence electrons. The summed E-state index contributed by atoms with van der Waals surface area (Å²) in [5.41, 5.74) is 0.717. The van der Waals surface area contributed by atoms with Crippen molar-refractivity contribution in [1.82, 2.24) is 4.90 Å². The van der Waals surface area contributed by atoms with Crippen LogP contribution in [0.2, 0.25) is 0 Å². The molecule has 2 aliphatic heterocycles. The van der Waals surface area contributed by atoms with Gasteiger partial charge in [0.15, 0.2) is 16.7 Å². The van der Waals surface area contributed by atoms with Gasteiger partial charge >= 0.3 is 0 Å². The molecular formula is C18H22N2O4S. The molecule has 1 fully saturated rings. The molecule has 0 saturated carbocycles. The van der Waals surface area contributed by atoms with E-state index in [9.17, 15) is 9.90 Å². The monoisotopic (exact) mass is 362 g/mol. The molecule has 1 aromatic rings. The molecule has 0 unspecified atom stereocenters. The van der Waals surface area contributed by atoms with Gasteiger partial charge in [0.25, 0.3) is 5.91 Å². The van der Waals surface area contributed by atoms with Crippen molar-refractivity contribution in [3.8, 4) is 17.2 Å². The number of hydrogen-bond acceptors (Lipinski definition) is 6. The van der Waals surface area contributed by atoms with Crippen LogP contribution in [0.1, 0.15) is 31.2 Å². The minimum absolute atomic E-state index is 0.0564. The Labute approximate surface area is 151 Å². The first-order valence-corrected chi connectivity index (χ1v) is 9.16. The van der Waals surface area contributed by atoms with Crippen LogP contribution in [0.4, 0.5) is 0 Å². The van der Waals surface area contributed by atoms with Crippen molar-refractivity contribution in [2.24, 2.45) is 4.99 Å². The number of phenols is 1. The number of amides is 1. The van der Waals surface area contributed by atoms with E-state index < -0.39 is 0 Å². The van der Waals surface area contributed by atoms with Gasteiger partial charge in [-0.05, 0) is 48.4 Å². The van der Waals surface area contributed by atoms with Crippen molar-refractivity contribution in [1.29, 1.82) is 0 Å². The molecule has 1 saturated heterocycles. The molecule has 7 heteroatoms. The van der Waals surface area contributed by atoms with Gasteiger partial charge < -0.3 is 19.5 Å². The average Bonchev–Trinajstić information content (AvgIpc) is 2.82. The van der Waals surface area contributed by atoms with Crippen molar-refractivity contribution in [3.63, 3.8) is 0 Å². The third-order valence-corrected chi connectivity index (χ3v) is 5.33. The number of rotatable bonds is 3. The number of nitrogens with zero attached hydrogens (tertiary/aromatic N) is 2. The fraction of sp³-hybridized carbons (Fsp3) is 0.444. The number of ether oxygens (including phenoxy) is 2. The summed E-state index contributed by atoms with van der Waals surface area (Å²) in [4.78, 5) is 19.3. The Hall–Kier alpha value is -2.15. The molecule has 0 aromatic heterocycles. The summed E-state index contributed by atoms with van der Waals surface area (Å²) in [6.45, 7) is 1.90. The van der Waals surface area contributed by atoms with Gasteiger partial charge in [0.2, 0.25) is 5.75 Å². The van der Waals surface area contributed by atoms with E-state index in [1.54, 1.807) is 18.2 Å². The van der Waals surface area contributed by atoms with Crippen LogP contribution in [0.5, 0.6) is 17.2 Å². The van der Waals surface area contributed by atoms with Gasteiger partial charge in [-0.1, -0.05) is 12.8 Å². The number of benzene rings is 1. The lowest BCUT2D eigenvalue weighted by Gasteiger charge is -2.20. The SMILES string of the molecule is COc1cc(/C=C2\SC(N3CCCCCC3)=NC2=O)cc(OC)c1O. The fourth-order valence-corrected chi connectivity index (χ4v) is 3.91. The zero-order valence-corrected chi connectivity index (χ0v) is 15.3. The van der Waals surface area contributed by atoms with Crippen molar-refractivity contribution in [2.75, 3.05) is 27.3 Å². The number of methoxy groups -OCH3 is 2. The highest BCUT2D eigenvalue weighted by atomic mass is 32.2. The van der Waals surface area contributed by atoms with Crippen molar-refractivity contribution in [2.45, 2.75) is 25.7 Å². The first kappa shape index (κ1) is 17.7. The second-order valence-electron chi connectivity index (χ2n) is 5.99. The number of aliphatic imine (C=N–C) groups is 1. The Bertz CT molecular complexity index is 697. The summed E-state index contributed by atoms with van der Waals surface area (Å²) in [6, 6.07) is 3.34. The molecule has 0 aliphatic carbocycles. The van der Waals surface area contributed by atoms with Crippen molar-refractivity contribution >= 4 is 28.9 Å². The van der Waals surface area contributed by atoms with E-state index in [0.717, 1.165) is 36.7 Å². The summed E-state index contributed by atoms with van der Waals surface area (Å²) < 4.78 is 10.3. The van der Waals surface area contributed by atoms with Gasteiger partial charge in [-0.25, -0.2) is 0 Å². The van der Waals surface area contributed by atoms with Crippen molar-refractivity contribution in [3.05, 3.63) is 22.6 Å². The molecule has 2 aliphatic rings. The molecular weight excluding hydrogens is 340 g/mol. The van der Waals surface area contributed by atoms with Crippen LogP contribution in [0.15, 0.2) is 22.0 Å². The first-order chi connectivity index (χ1) is 12.1. The average molecular weight is 362 g/mol. The van der Waals surface area contributed by atoms with E-state index in [-0.39, 0.29) is 11.7 Å². The number of phenolic OH excluding ortho intramolecular Hbond substituents is 1.